The highest BCUT2D eigenvalue weighted by atomic mass is 16.2. The Balaban J connectivity index is 1.59. The Morgan fingerprint density at radius 2 is 2.00 bits per heavy atom. The van der Waals surface area contributed by atoms with Gasteiger partial charge >= 0.3 is 0 Å². The monoisotopic (exact) mass is 366 g/mol. The summed E-state index contributed by atoms with van der Waals surface area (Å²) in [5.41, 5.74) is 1.98. The highest BCUT2D eigenvalue weighted by Crippen LogP contribution is 2.33. The summed E-state index contributed by atoms with van der Waals surface area (Å²) in [7, 11) is 0. The van der Waals surface area contributed by atoms with Crippen LogP contribution in [0.2, 0.25) is 0 Å². The van der Waals surface area contributed by atoms with Crippen molar-refractivity contribution in [3.05, 3.63) is 30.6 Å². The largest absolute Gasteiger partial charge is 0.371 e. The summed E-state index contributed by atoms with van der Waals surface area (Å²) in [5, 5.41) is 5.11. The second-order valence-corrected chi connectivity index (χ2v) is 7.42. The number of amides is 2. The van der Waals surface area contributed by atoms with E-state index in [1.54, 1.807) is 11.1 Å². The maximum atomic E-state index is 12.7. The van der Waals surface area contributed by atoms with Gasteiger partial charge < -0.3 is 15.1 Å². The molecule has 2 saturated heterocycles. The minimum Gasteiger partial charge on any atom is -0.371 e. The van der Waals surface area contributed by atoms with Crippen molar-refractivity contribution in [2.45, 2.75) is 32.6 Å². The number of aromatic nitrogens is 1. The molecule has 2 aromatic rings. The van der Waals surface area contributed by atoms with Gasteiger partial charge in [-0.25, -0.2) is 0 Å². The van der Waals surface area contributed by atoms with Gasteiger partial charge in [-0.1, -0.05) is 0 Å². The highest BCUT2D eigenvalue weighted by Gasteiger charge is 2.33. The standard InChI is InChI=1S/C21H26N4O2/c1-2-24-14-15(12-20(24)26)21(27)23-18-6-7-19(25-10-4-3-5-11-25)16-8-9-22-13-17(16)18/h6-9,13,15H,2-5,10-12,14H2,1H3,(H,23,27)/t15-/m0/s1. The minimum absolute atomic E-state index is 0.0598. The fraction of sp³-hybridized carbons (Fsp3) is 0.476. The molecular formula is C21H26N4O2. The number of nitrogens with one attached hydrogen (secondary N) is 1. The highest BCUT2D eigenvalue weighted by molar-refractivity contribution is 6.07. The van der Waals surface area contributed by atoms with Gasteiger partial charge in [-0.3, -0.25) is 14.6 Å². The molecule has 0 spiro atoms. The zero-order chi connectivity index (χ0) is 18.8. The van der Waals surface area contributed by atoms with Crippen molar-refractivity contribution in [1.29, 1.82) is 0 Å². The first kappa shape index (κ1) is 17.8. The third-order valence-electron chi connectivity index (χ3n) is 5.72. The van der Waals surface area contributed by atoms with E-state index in [-0.39, 0.29) is 17.7 Å². The number of fused-ring (bicyclic) bond motifs is 1. The molecule has 0 radical (unpaired) electrons. The van der Waals surface area contributed by atoms with Gasteiger partial charge in [0.05, 0.1) is 11.6 Å². The van der Waals surface area contributed by atoms with Crippen LogP contribution in [0.4, 0.5) is 11.4 Å². The first-order valence-corrected chi connectivity index (χ1v) is 9.87. The maximum absolute atomic E-state index is 12.7. The van der Waals surface area contributed by atoms with Crippen LogP contribution in [-0.2, 0) is 9.59 Å². The Labute approximate surface area is 159 Å². The average molecular weight is 366 g/mol. The lowest BCUT2D eigenvalue weighted by Gasteiger charge is -2.30. The van der Waals surface area contributed by atoms with Crippen LogP contribution in [-0.4, -0.2) is 47.9 Å². The van der Waals surface area contributed by atoms with E-state index in [2.05, 4.69) is 21.3 Å². The number of piperidine rings is 1. The van der Waals surface area contributed by atoms with Crippen LogP contribution in [0.5, 0.6) is 0 Å². The van der Waals surface area contributed by atoms with Gasteiger partial charge in [0.15, 0.2) is 0 Å². The van der Waals surface area contributed by atoms with Crippen LogP contribution in [0, 0.1) is 5.92 Å². The molecule has 142 valence electrons. The van der Waals surface area contributed by atoms with E-state index >= 15 is 0 Å². The molecule has 1 N–H and O–H groups in total. The number of carbonyl (C=O) groups is 2. The van der Waals surface area contributed by atoms with E-state index in [9.17, 15) is 9.59 Å². The number of pyridine rings is 1. The Morgan fingerprint density at radius 1 is 1.19 bits per heavy atom. The molecule has 2 aliphatic rings. The fourth-order valence-electron chi connectivity index (χ4n) is 4.18. The van der Waals surface area contributed by atoms with Crippen molar-refractivity contribution in [2.75, 3.05) is 36.4 Å². The van der Waals surface area contributed by atoms with Crippen LogP contribution >= 0.6 is 0 Å². The predicted molar refractivity (Wildman–Crippen MR) is 107 cm³/mol. The lowest BCUT2D eigenvalue weighted by atomic mass is 10.0. The summed E-state index contributed by atoms with van der Waals surface area (Å²) in [6.07, 6.45) is 7.64. The van der Waals surface area contributed by atoms with Gasteiger partial charge in [-0.05, 0) is 44.4 Å². The molecule has 1 aromatic heterocycles. The average Bonchev–Trinajstić information content (AvgIpc) is 3.10. The first-order valence-electron chi connectivity index (χ1n) is 9.87. The summed E-state index contributed by atoms with van der Waals surface area (Å²) in [6.45, 7) is 5.24. The number of anilines is 2. The Hall–Kier alpha value is -2.63. The normalized spacial score (nSPS) is 20.3. The summed E-state index contributed by atoms with van der Waals surface area (Å²) < 4.78 is 0. The molecular weight excluding hydrogens is 340 g/mol. The predicted octanol–water partition coefficient (Wildman–Crippen LogP) is 3.03. The Morgan fingerprint density at radius 3 is 2.74 bits per heavy atom. The van der Waals surface area contributed by atoms with E-state index in [0.29, 0.717) is 19.5 Å². The first-order chi connectivity index (χ1) is 13.2. The molecule has 2 aliphatic heterocycles. The molecule has 4 rings (SSSR count). The van der Waals surface area contributed by atoms with E-state index in [0.717, 1.165) is 29.5 Å². The summed E-state index contributed by atoms with van der Waals surface area (Å²) >= 11 is 0. The van der Waals surface area contributed by atoms with Crippen LogP contribution in [0.15, 0.2) is 30.6 Å². The van der Waals surface area contributed by atoms with Crippen molar-refractivity contribution in [1.82, 2.24) is 9.88 Å². The van der Waals surface area contributed by atoms with Crippen LogP contribution in [0.25, 0.3) is 10.8 Å². The molecule has 6 nitrogen and oxygen atoms in total. The molecule has 0 bridgehead atoms. The maximum Gasteiger partial charge on any atom is 0.229 e. The second kappa shape index (κ2) is 7.55. The topological polar surface area (TPSA) is 65.5 Å². The molecule has 0 saturated carbocycles. The zero-order valence-corrected chi connectivity index (χ0v) is 15.8. The van der Waals surface area contributed by atoms with Crippen molar-refractivity contribution in [3.63, 3.8) is 0 Å². The third-order valence-corrected chi connectivity index (χ3v) is 5.72. The van der Waals surface area contributed by atoms with Gasteiger partial charge in [0.1, 0.15) is 0 Å². The number of nitrogens with zero attached hydrogens (tertiary/aromatic N) is 3. The minimum atomic E-state index is -0.286. The lowest BCUT2D eigenvalue weighted by molar-refractivity contribution is -0.128. The van der Waals surface area contributed by atoms with Crippen molar-refractivity contribution >= 4 is 34.0 Å². The van der Waals surface area contributed by atoms with Crippen LogP contribution < -0.4 is 10.2 Å². The summed E-state index contributed by atoms with van der Waals surface area (Å²) in [4.78, 5) is 33.1. The van der Waals surface area contributed by atoms with E-state index < -0.39 is 0 Å². The van der Waals surface area contributed by atoms with Gasteiger partial charge in [-0.15, -0.1) is 0 Å². The van der Waals surface area contributed by atoms with Gasteiger partial charge in [0, 0.05) is 61.5 Å². The number of carbonyl (C=O) groups excluding carboxylic acids is 2. The molecule has 2 amide bonds. The Bertz CT molecular complexity index is 860. The smallest absolute Gasteiger partial charge is 0.229 e. The molecule has 6 heteroatoms. The number of hydrogen-bond donors (Lipinski definition) is 1. The lowest BCUT2D eigenvalue weighted by Crippen LogP contribution is -2.29. The fourth-order valence-corrected chi connectivity index (χ4v) is 4.18. The molecule has 0 unspecified atom stereocenters. The van der Waals surface area contributed by atoms with E-state index in [1.807, 2.05) is 25.3 Å². The van der Waals surface area contributed by atoms with Crippen molar-refractivity contribution < 1.29 is 9.59 Å². The van der Waals surface area contributed by atoms with Gasteiger partial charge in [-0.2, -0.15) is 0 Å². The molecule has 27 heavy (non-hydrogen) atoms. The van der Waals surface area contributed by atoms with Crippen molar-refractivity contribution in [3.8, 4) is 0 Å². The van der Waals surface area contributed by atoms with Gasteiger partial charge in [0.25, 0.3) is 0 Å². The second-order valence-electron chi connectivity index (χ2n) is 7.42. The number of likely N-dealkylation sites (tertiary alicyclic amines) is 1. The summed E-state index contributed by atoms with van der Waals surface area (Å²) in [6, 6.07) is 6.09. The van der Waals surface area contributed by atoms with Crippen molar-refractivity contribution in [2.24, 2.45) is 5.92 Å². The SMILES string of the molecule is CCN1C[C@@H](C(=O)Nc2ccc(N3CCCCC3)c3ccncc23)CC1=O. The number of benzene rings is 1. The van der Waals surface area contributed by atoms with Crippen LogP contribution in [0.3, 0.4) is 0 Å². The molecule has 2 fully saturated rings. The van der Waals surface area contributed by atoms with E-state index in [1.165, 1.54) is 24.9 Å². The summed E-state index contributed by atoms with van der Waals surface area (Å²) in [5.74, 6) is -0.314. The molecule has 1 atom stereocenters. The number of rotatable bonds is 4. The number of hydrogen-bond acceptors (Lipinski definition) is 4. The molecule has 1 aromatic carbocycles. The molecule has 3 heterocycles. The van der Waals surface area contributed by atoms with Gasteiger partial charge in [0.2, 0.25) is 11.8 Å². The Kier molecular flexibility index (Phi) is 4.97. The van der Waals surface area contributed by atoms with E-state index in [4.69, 9.17) is 0 Å². The van der Waals surface area contributed by atoms with Crippen LogP contribution in [0.1, 0.15) is 32.6 Å². The zero-order valence-electron chi connectivity index (χ0n) is 15.8. The third kappa shape index (κ3) is 3.48. The molecule has 0 aliphatic carbocycles. The quantitative estimate of drug-likeness (QED) is 0.903.